The Morgan fingerprint density at radius 3 is 2.55 bits per heavy atom. The van der Waals surface area contributed by atoms with Crippen LogP contribution in [0.5, 0.6) is 0 Å². The fraction of sp³-hybridized carbons (Fsp3) is 1.00. The Labute approximate surface area is 68.2 Å². The molecule has 2 rings (SSSR count). The van der Waals surface area contributed by atoms with Crippen molar-refractivity contribution in [3.8, 4) is 0 Å². The molecule has 1 aliphatic carbocycles. The molecule has 64 valence electrons. The third-order valence-corrected chi connectivity index (χ3v) is 3.19. The topological polar surface area (TPSA) is 26.3 Å². The first kappa shape index (κ1) is 7.56. The predicted molar refractivity (Wildman–Crippen MR) is 45.1 cm³/mol. The lowest BCUT2D eigenvalue weighted by atomic mass is 9.79. The Morgan fingerprint density at radius 2 is 1.73 bits per heavy atom. The minimum atomic E-state index is 0.400. The number of rotatable bonds is 0. The van der Waals surface area contributed by atoms with E-state index in [1.165, 1.54) is 30.7 Å². The van der Waals surface area contributed by atoms with E-state index in [0.717, 1.165) is 25.3 Å². The molecular weight excluding hydrogens is 138 g/mol. The fourth-order valence-electron chi connectivity index (χ4n) is 2.58. The number of hydrogen-bond donors (Lipinski definition) is 0. The van der Waals surface area contributed by atoms with Crippen molar-refractivity contribution in [1.29, 1.82) is 0 Å². The highest BCUT2D eigenvalue weighted by atomic mass is 16.5. The summed E-state index contributed by atoms with van der Waals surface area (Å²) in [6, 6.07) is 0.400. The summed E-state index contributed by atoms with van der Waals surface area (Å²) in [5.41, 5.74) is 0. The Balaban J connectivity index is 1.99. The first-order valence-corrected chi connectivity index (χ1v) is 4.82. The Hall–Kier alpha value is -0.0800. The molecule has 0 aromatic heterocycles. The van der Waals surface area contributed by atoms with E-state index in [2.05, 4.69) is 0 Å². The van der Waals surface area contributed by atoms with Gasteiger partial charge in [0.2, 0.25) is 0 Å². The lowest BCUT2D eigenvalue weighted by molar-refractivity contribution is 0.102. The molecule has 1 heterocycles. The van der Waals surface area contributed by atoms with E-state index in [1.807, 2.05) is 0 Å². The van der Waals surface area contributed by atoms with E-state index in [-0.39, 0.29) is 0 Å². The van der Waals surface area contributed by atoms with E-state index >= 15 is 0 Å². The molecule has 0 spiro atoms. The maximum absolute atomic E-state index is 11.3. The number of nitrogens with zero attached hydrogens (tertiary/aromatic N) is 1. The SMILES string of the molecule is [O-]N1CCCC2CCCCC21. The second kappa shape index (κ2) is 3.11. The molecule has 0 radical (unpaired) electrons. The molecule has 1 saturated carbocycles. The van der Waals surface area contributed by atoms with Gasteiger partial charge >= 0.3 is 0 Å². The molecule has 0 bridgehead atoms. The van der Waals surface area contributed by atoms with Crippen molar-refractivity contribution in [2.45, 2.75) is 44.6 Å². The van der Waals surface area contributed by atoms with Crippen LogP contribution in [0.25, 0.3) is 0 Å². The summed E-state index contributed by atoms with van der Waals surface area (Å²) in [5, 5.41) is 12.7. The lowest BCUT2D eigenvalue weighted by Gasteiger charge is -2.48. The summed E-state index contributed by atoms with van der Waals surface area (Å²) >= 11 is 0. The lowest BCUT2D eigenvalue weighted by Crippen LogP contribution is -2.43. The van der Waals surface area contributed by atoms with Gasteiger partial charge in [-0.25, -0.2) is 0 Å². The zero-order valence-corrected chi connectivity index (χ0v) is 6.96. The zero-order valence-electron chi connectivity index (χ0n) is 6.96. The second-order valence-electron chi connectivity index (χ2n) is 3.89. The largest absolute Gasteiger partial charge is 0.785 e. The minimum absolute atomic E-state index is 0.400. The smallest absolute Gasteiger partial charge is 0.000262 e. The van der Waals surface area contributed by atoms with Crippen molar-refractivity contribution in [3.05, 3.63) is 5.21 Å². The molecular formula is C9H16NO-. The molecule has 1 aliphatic heterocycles. The summed E-state index contributed by atoms with van der Waals surface area (Å²) in [7, 11) is 0. The number of fused-ring (bicyclic) bond motifs is 1. The Morgan fingerprint density at radius 1 is 1.00 bits per heavy atom. The molecule has 2 fully saturated rings. The summed E-state index contributed by atoms with van der Waals surface area (Å²) in [5.74, 6) is 0.745. The van der Waals surface area contributed by atoms with Crippen molar-refractivity contribution in [2.75, 3.05) is 6.54 Å². The van der Waals surface area contributed by atoms with Crippen LogP contribution in [0, 0.1) is 11.1 Å². The second-order valence-corrected chi connectivity index (χ2v) is 3.89. The van der Waals surface area contributed by atoms with E-state index in [4.69, 9.17) is 0 Å². The molecule has 0 aromatic rings. The normalized spacial score (nSPS) is 40.1. The van der Waals surface area contributed by atoms with Crippen LogP contribution in [0.1, 0.15) is 38.5 Å². The zero-order chi connectivity index (χ0) is 7.68. The Bertz CT molecular complexity index is 136. The van der Waals surface area contributed by atoms with E-state index in [9.17, 15) is 5.21 Å². The molecule has 1 saturated heterocycles. The standard InChI is InChI=1S/C9H16NO/c11-10-7-3-5-8-4-1-2-6-9(8)10/h8-9H,1-7H2/q-1. The number of hydrogen-bond acceptors (Lipinski definition) is 2. The van der Waals surface area contributed by atoms with Crippen molar-refractivity contribution >= 4 is 0 Å². The van der Waals surface area contributed by atoms with Gasteiger partial charge in [0, 0.05) is 6.04 Å². The molecule has 0 amide bonds. The molecule has 2 atom stereocenters. The van der Waals surface area contributed by atoms with Gasteiger partial charge < -0.3 is 10.3 Å². The van der Waals surface area contributed by atoms with E-state index in [1.54, 1.807) is 0 Å². The van der Waals surface area contributed by atoms with Gasteiger partial charge in [0.1, 0.15) is 0 Å². The fourth-order valence-corrected chi connectivity index (χ4v) is 2.58. The van der Waals surface area contributed by atoms with Crippen LogP contribution in [0.15, 0.2) is 0 Å². The first-order chi connectivity index (χ1) is 5.38. The van der Waals surface area contributed by atoms with Gasteiger partial charge in [0.05, 0.1) is 0 Å². The van der Waals surface area contributed by atoms with Crippen LogP contribution in [-0.2, 0) is 0 Å². The average molecular weight is 154 g/mol. The molecule has 0 N–H and O–H groups in total. The first-order valence-electron chi connectivity index (χ1n) is 4.82. The van der Waals surface area contributed by atoms with Crippen LogP contribution < -0.4 is 0 Å². The van der Waals surface area contributed by atoms with Gasteiger partial charge in [-0.05, 0) is 38.1 Å². The maximum atomic E-state index is 11.3. The number of piperidine rings is 1. The third kappa shape index (κ3) is 1.42. The monoisotopic (exact) mass is 154 g/mol. The summed E-state index contributed by atoms with van der Waals surface area (Å²) < 4.78 is 0. The summed E-state index contributed by atoms with van der Waals surface area (Å²) in [4.78, 5) is 0. The maximum Gasteiger partial charge on any atom is 0.000262 e. The average Bonchev–Trinajstić information content (AvgIpc) is 2.06. The molecule has 2 aliphatic rings. The molecule has 2 heteroatoms. The van der Waals surface area contributed by atoms with Gasteiger partial charge in [-0.3, -0.25) is 0 Å². The van der Waals surface area contributed by atoms with E-state index < -0.39 is 0 Å². The molecule has 2 unspecified atom stereocenters. The predicted octanol–water partition coefficient (Wildman–Crippen LogP) is 2.14. The van der Waals surface area contributed by atoms with Crippen molar-refractivity contribution < 1.29 is 0 Å². The highest BCUT2D eigenvalue weighted by molar-refractivity contribution is 4.87. The van der Waals surface area contributed by atoms with Crippen molar-refractivity contribution in [3.63, 3.8) is 0 Å². The van der Waals surface area contributed by atoms with Crippen LogP contribution >= 0.6 is 0 Å². The van der Waals surface area contributed by atoms with E-state index in [0.29, 0.717) is 6.04 Å². The van der Waals surface area contributed by atoms with Crippen LogP contribution in [0.2, 0.25) is 0 Å². The van der Waals surface area contributed by atoms with Gasteiger partial charge in [-0.1, -0.05) is 12.8 Å². The Kier molecular flexibility index (Phi) is 2.14. The summed E-state index contributed by atoms with van der Waals surface area (Å²) in [6.07, 6.45) is 7.54. The van der Waals surface area contributed by atoms with Gasteiger partial charge in [-0.2, -0.15) is 0 Å². The highest BCUT2D eigenvalue weighted by Gasteiger charge is 2.28. The van der Waals surface area contributed by atoms with Gasteiger partial charge in [0.15, 0.2) is 0 Å². The van der Waals surface area contributed by atoms with Gasteiger partial charge in [0.25, 0.3) is 0 Å². The number of hydroxylamine groups is 2. The van der Waals surface area contributed by atoms with Crippen molar-refractivity contribution in [2.24, 2.45) is 5.92 Å². The quantitative estimate of drug-likeness (QED) is 0.534. The van der Waals surface area contributed by atoms with Gasteiger partial charge in [-0.15, -0.1) is 0 Å². The third-order valence-electron chi connectivity index (χ3n) is 3.19. The van der Waals surface area contributed by atoms with Crippen LogP contribution in [0.3, 0.4) is 0 Å². The molecule has 2 nitrogen and oxygen atoms in total. The minimum Gasteiger partial charge on any atom is -0.785 e. The van der Waals surface area contributed by atoms with Crippen LogP contribution in [0.4, 0.5) is 0 Å². The van der Waals surface area contributed by atoms with Crippen LogP contribution in [-0.4, -0.2) is 17.6 Å². The summed E-state index contributed by atoms with van der Waals surface area (Å²) in [6.45, 7) is 0.793. The van der Waals surface area contributed by atoms with Crippen molar-refractivity contribution in [1.82, 2.24) is 5.06 Å². The highest BCUT2D eigenvalue weighted by Crippen LogP contribution is 2.34. The molecule has 11 heavy (non-hydrogen) atoms. The molecule has 0 aromatic carbocycles.